The molecule has 4 aromatic rings. The Morgan fingerprint density at radius 1 is 0.297 bits per heavy atom. The van der Waals surface area contributed by atoms with E-state index in [1.165, 1.54) is 24.3 Å². The molecule has 2 aliphatic carbocycles. The summed E-state index contributed by atoms with van der Waals surface area (Å²) in [5, 5.41) is 85.6. The zero-order chi connectivity index (χ0) is 42.8. The number of aromatic hydroxyl groups is 4. The number of rotatable bonds is 23. The quantitative estimate of drug-likeness (QED) is 0.0324. The Morgan fingerprint density at radius 2 is 0.500 bits per heavy atom. The number of aliphatic hydroxyl groups excluding tert-OH is 2. The number of carbonyl (C=O) groups is 4. The summed E-state index contributed by atoms with van der Waals surface area (Å²) in [4.78, 5) is 55.1. The maximum Gasteiger partial charge on any atom is 0.200 e. The lowest BCUT2D eigenvalue weighted by molar-refractivity contribution is 0.0975. The molecule has 0 bridgehead atoms. The predicted molar refractivity (Wildman–Crippen MR) is 255 cm³/mol. The van der Waals surface area contributed by atoms with E-state index in [1.54, 1.807) is 24.3 Å². The summed E-state index contributed by atoms with van der Waals surface area (Å²) in [5.41, 5.74) is 0.886. The molecule has 6 rings (SSSR count). The minimum absolute atomic E-state index is 0. The van der Waals surface area contributed by atoms with Crippen LogP contribution in [0.1, 0.15) is 63.7 Å². The van der Waals surface area contributed by atoms with Crippen LogP contribution in [0.25, 0.3) is 0 Å². The molecule has 2 aliphatic rings. The van der Waals surface area contributed by atoms with Gasteiger partial charge in [0.1, 0.15) is 23.0 Å². The Kier molecular flexibility index (Phi) is 22.3. The van der Waals surface area contributed by atoms with Gasteiger partial charge in [-0.05, 0) is 48.5 Å². The number of fused-ring (bicyclic) bond motifs is 4. The van der Waals surface area contributed by atoms with Crippen LogP contribution in [0.4, 0.5) is 22.7 Å². The van der Waals surface area contributed by atoms with E-state index in [2.05, 4.69) is 42.5 Å². The zero-order valence-electron chi connectivity index (χ0n) is 34.5. The maximum absolute atomic E-state index is 13.8. The topological polar surface area (TPSA) is 286 Å². The van der Waals surface area contributed by atoms with Gasteiger partial charge < -0.3 is 73.2 Å². The highest BCUT2D eigenvalue weighted by molar-refractivity contribution is 6.34. The Balaban J connectivity index is 0.00000352. The number of halogens is 4. The van der Waals surface area contributed by atoms with Crippen molar-refractivity contribution in [1.29, 1.82) is 0 Å². The number of phenolic OH excluding ortho intramolecular Hbond substituents is 4. The van der Waals surface area contributed by atoms with Crippen molar-refractivity contribution in [2.24, 2.45) is 0 Å². The zero-order valence-corrected chi connectivity index (χ0v) is 37.7. The number of benzene rings is 4. The van der Waals surface area contributed by atoms with Crippen LogP contribution in [0.5, 0.6) is 23.0 Å². The molecule has 0 unspecified atom stereocenters. The Hall–Kier alpha value is -5.12. The van der Waals surface area contributed by atoms with Gasteiger partial charge in [-0.1, -0.05) is 0 Å². The highest BCUT2D eigenvalue weighted by Gasteiger charge is 2.39. The molecule has 18 nitrogen and oxygen atoms in total. The number of anilines is 4. The summed E-state index contributed by atoms with van der Waals surface area (Å²) in [6, 6.07) is 11.4. The van der Waals surface area contributed by atoms with Gasteiger partial charge in [0.2, 0.25) is 23.1 Å². The summed E-state index contributed by atoms with van der Waals surface area (Å²) in [7, 11) is 0. The second kappa shape index (κ2) is 26.0. The molecule has 350 valence electrons. The molecule has 0 heterocycles. The first-order valence-corrected chi connectivity index (χ1v) is 19.7. The largest absolute Gasteiger partial charge is 0.507 e. The van der Waals surface area contributed by atoms with Crippen LogP contribution in [-0.4, -0.2) is 146 Å². The van der Waals surface area contributed by atoms with Crippen molar-refractivity contribution in [3.8, 4) is 23.0 Å². The summed E-state index contributed by atoms with van der Waals surface area (Å²) < 4.78 is 0. The molecule has 0 saturated carbocycles. The lowest BCUT2D eigenvalue weighted by Crippen LogP contribution is -2.33. The van der Waals surface area contributed by atoms with Gasteiger partial charge in [-0.3, -0.25) is 19.2 Å². The Bertz CT molecular complexity index is 2130. The Labute approximate surface area is 394 Å². The molecule has 0 aromatic heterocycles. The summed E-state index contributed by atoms with van der Waals surface area (Å²) in [6.45, 7) is 5.35. The van der Waals surface area contributed by atoms with Crippen LogP contribution in [0.2, 0.25) is 0 Å². The van der Waals surface area contributed by atoms with E-state index in [4.69, 9.17) is 10.2 Å². The average Bonchev–Trinajstić information content (AvgIpc) is 3.24. The minimum Gasteiger partial charge on any atom is -0.507 e. The van der Waals surface area contributed by atoms with Gasteiger partial charge in [-0.15, -0.1) is 49.6 Å². The van der Waals surface area contributed by atoms with Crippen molar-refractivity contribution in [2.45, 2.75) is 0 Å². The molecule has 0 atom stereocenters. The van der Waals surface area contributed by atoms with Crippen molar-refractivity contribution in [1.82, 2.24) is 21.3 Å². The maximum atomic E-state index is 13.8. The molecular formula is C42H54Cl4N8O10. The summed E-state index contributed by atoms with van der Waals surface area (Å²) in [6.07, 6.45) is 0. The van der Waals surface area contributed by atoms with Crippen molar-refractivity contribution in [3.05, 3.63) is 93.0 Å². The Morgan fingerprint density at radius 3 is 0.719 bits per heavy atom. The number of aliphatic hydroxyl groups is 2. The third kappa shape index (κ3) is 12.0. The van der Waals surface area contributed by atoms with E-state index >= 15 is 0 Å². The second-order valence-corrected chi connectivity index (χ2v) is 14.0. The van der Waals surface area contributed by atoms with Gasteiger partial charge in [0.25, 0.3) is 0 Å². The molecule has 0 saturated heterocycles. The number of carbonyl (C=O) groups excluding carboxylic acids is 4. The molecule has 4 aromatic carbocycles. The van der Waals surface area contributed by atoms with Crippen molar-refractivity contribution in [2.75, 3.05) is 113 Å². The van der Waals surface area contributed by atoms with Crippen LogP contribution >= 0.6 is 49.6 Å². The lowest BCUT2D eigenvalue weighted by atomic mass is 9.81. The molecule has 0 radical (unpaired) electrons. The second-order valence-electron chi connectivity index (χ2n) is 14.0. The predicted octanol–water partition coefficient (Wildman–Crippen LogP) is 2.44. The van der Waals surface area contributed by atoms with Gasteiger partial charge in [0.15, 0.2) is 0 Å². The fourth-order valence-corrected chi connectivity index (χ4v) is 7.30. The van der Waals surface area contributed by atoms with Gasteiger partial charge in [0, 0.05) is 101 Å². The normalized spacial score (nSPS) is 12.0. The lowest BCUT2D eigenvalue weighted by Gasteiger charge is -2.25. The highest BCUT2D eigenvalue weighted by atomic mass is 35.5. The van der Waals surface area contributed by atoms with E-state index < -0.39 is 46.1 Å². The minimum atomic E-state index is -0.600. The first-order chi connectivity index (χ1) is 29.1. The number of ketones is 4. The fraction of sp³-hybridized carbons (Fsp3) is 0.333. The first-order valence-electron chi connectivity index (χ1n) is 19.7. The molecule has 0 aliphatic heterocycles. The number of phenols is 4. The monoisotopic (exact) mass is 970 g/mol. The smallest absolute Gasteiger partial charge is 0.200 e. The van der Waals surface area contributed by atoms with Gasteiger partial charge in [-0.25, -0.2) is 0 Å². The van der Waals surface area contributed by atoms with Crippen molar-refractivity contribution >= 4 is 95.5 Å². The molecule has 0 amide bonds. The summed E-state index contributed by atoms with van der Waals surface area (Å²) >= 11 is 0. The van der Waals surface area contributed by atoms with Gasteiger partial charge in [0.05, 0.1) is 57.7 Å². The van der Waals surface area contributed by atoms with Crippen molar-refractivity contribution in [3.63, 3.8) is 0 Å². The van der Waals surface area contributed by atoms with Gasteiger partial charge >= 0.3 is 0 Å². The first kappa shape index (κ1) is 55.0. The van der Waals surface area contributed by atoms with E-state index in [1.807, 2.05) is 0 Å². The van der Waals surface area contributed by atoms with Crippen LogP contribution in [0, 0.1) is 0 Å². The van der Waals surface area contributed by atoms with E-state index in [-0.39, 0.29) is 107 Å². The molecule has 22 heteroatoms. The molecule has 64 heavy (non-hydrogen) atoms. The van der Waals surface area contributed by atoms with E-state index in [0.29, 0.717) is 101 Å². The number of hydrogen-bond donors (Lipinski definition) is 14. The number of hydrogen-bond acceptors (Lipinski definition) is 18. The van der Waals surface area contributed by atoms with Crippen LogP contribution in [-0.2, 0) is 0 Å². The average molecular weight is 973 g/mol. The fourth-order valence-electron chi connectivity index (χ4n) is 7.30. The summed E-state index contributed by atoms with van der Waals surface area (Å²) in [5.74, 6) is -4.02. The van der Waals surface area contributed by atoms with E-state index in [0.717, 1.165) is 0 Å². The molecule has 0 spiro atoms. The third-order valence-electron chi connectivity index (χ3n) is 10.1. The standard InChI is InChI=1S/C42H50N8O10.4ClH/c51-21-19-45-13-17-49-25-3-1-23(31-33(25)41(59)37-29(55)7-5-27(53)35(37)39(31)57)47-15-11-43-9-10-44-12-16-48-24-2-4-26(50-18-14-46-20-22-52)34-32(24)40(58)36-28(54)6-8-30(56)38(36)42(34)60;;;;/h1-8,43-56H,9-22H2;4*1H. The molecule has 14 N–H and O–H groups in total. The van der Waals surface area contributed by atoms with Gasteiger partial charge in [-0.2, -0.15) is 0 Å². The van der Waals surface area contributed by atoms with Crippen LogP contribution < -0.4 is 42.5 Å². The number of nitrogens with one attached hydrogen (secondary N) is 8. The molecule has 0 fully saturated rings. The van der Waals surface area contributed by atoms with E-state index in [9.17, 15) is 39.6 Å². The van der Waals surface area contributed by atoms with Crippen LogP contribution in [0.3, 0.4) is 0 Å². The third-order valence-corrected chi connectivity index (χ3v) is 10.1. The van der Waals surface area contributed by atoms with Crippen LogP contribution in [0.15, 0.2) is 48.5 Å². The highest BCUT2D eigenvalue weighted by Crippen LogP contribution is 2.44. The molecular weight excluding hydrogens is 918 g/mol. The SMILES string of the molecule is Cl.Cl.Cl.Cl.O=C1c2c(O)ccc(O)c2C(=O)c2c(NCCNCCNCCNc3ccc(NCCNCCO)c4c3C(=O)c3c(O)ccc(O)c3C4=O)ccc(NCCNCCO)c21. The van der Waals surface area contributed by atoms with Crippen molar-refractivity contribution < 1.29 is 49.8 Å².